The second-order valence-corrected chi connectivity index (χ2v) is 29.7. The van der Waals surface area contributed by atoms with Crippen molar-refractivity contribution < 1.29 is 0 Å². The summed E-state index contributed by atoms with van der Waals surface area (Å²) in [5, 5.41) is 12.3. The van der Waals surface area contributed by atoms with E-state index in [9.17, 15) is 0 Å². The zero-order valence-corrected chi connectivity index (χ0v) is 55.4. The summed E-state index contributed by atoms with van der Waals surface area (Å²) in [4.78, 5) is 5.25. The van der Waals surface area contributed by atoms with Crippen LogP contribution in [0.3, 0.4) is 0 Å². The van der Waals surface area contributed by atoms with Crippen LogP contribution in [-0.4, -0.2) is 15.7 Å². The van der Waals surface area contributed by atoms with Crippen molar-refractivity contribution in [1.82, 2.24) is 8.97 Å². The Morgan fingerprint density at radius 2 is 0.663 bits per heavy atom. The molecule has 16 aromatic rings. The van der Waals surface area contributed by atoms with Crippen molar-refractivity contribution in [3.63, 3.8) is 0 Å². The van der Waals surface area contributed by atoms with Crippen LogP contribution in [0.4, 0.5) is 34.1 Å². The number of rotatable bonds is 5. The van der Waals surface area contributed by atoms with Crippen molar-refractivity contribution in [3.8, 4) is 27.9 Å². The Kier molecular flexibility index (Phi) is 12.5. The molecule has 95 heavy (non-hydrogen) atoms. The van der Waals surface area contributed by atoms with Crippen molar-refractivity contribution in [1.29, 1.82) is 0 Å². The molecule has 0 unspecified atom stereocenters. The highest BCUT2D eigenvalue weighted by molar-refractivity contribution is 7.00. The van der Waals surface area contributed by atoms with Crippen molar-refractivity contribution in [2.24, 2.45) is 0 Å². The van der Waals surface area contributed by atoms with Gasteiger partial charge in [-0.05, 0) is 178 Å². The van der Waals surface area contributed by atoms with Gasteiger partial charge in [0, 0.05) is 72.1 Å². The Morgan fingerprint density at radius 1 is 0.253 bits per heavy atom. The van der Waals surface area contributed by atoms with Crippen LogP contribution in [0.1, 0.15) is 79.0 Å². The maximum atomic E-state index is 2.63. The van der Waals surface area contributed by atoms with Crippen LogP contribution >= 0.6 is 0 Å². The Morgan fingerprint density at radius 3 is 1.18 bits per heavy atom. The van der Waals surface area contributed by atoms with Gasteiger partial charge in [-0.25, -0.2) is 0 Å². The van der Waals surface area contributed by atoms with Gasteiger partial charge in [0.25, 0.3) is 6.71 Å². The monoisotopic (exact) mass is 1220 g/mol. The summed E-state index contributed by atoms with van der Waals surface area (Å²) in [5.74, 6) is 0. The number of hydrogen-bond donors (Lipinski definition) is 0. The van der Waals surface area contributed by atoms with Gasteiger partial charge in [-0.1, -0.05) is 256 Å². The minimum Gasteiger partial charge on any atom is -0.311 e. The molecule has 5 heteroatoms. The molecule has 0 spiro atoms. The minimum atomic E-state index is -0.238. The molecule has 3 aromatic heterocycles. The standard InChI is InChI=1S/C90H73BN4/c1-88(2,3)60-39-47-79-73(49-60)74-50-61(89(4,5)6)40-48-80(74)94(79)65-45-46-76-82(53-65)92(63-41-35-58(36-42-63)56-23-12-10-13-24-56)84-51-62(90(7,8)9)52-85-86(84)91(76)77-54-75-69-30-19-17-28-67(69)66-27-16-18-29-68(66)71-32-22-33-72-70-31-20-21-34-78(70)95(87(71)72)81(75)55-83(77)93(85)64-43-37-59(38-44-64)57-25-14-11-15-26-57/h10-55H,1-9H3. The third kappa shape index (κ3) is 8.81. The molecule has 0 saturated heterocycles. The summed E-state index contributed by atoms with van der Waals surface area (Å²) >= 11 is 0. The molecule has 5 heterocycles. The fourth-order valence-electron chi connectivity index (χ4n) is 16.0. The maximum Gasteiger partial charge on any atom is 0.252 e. The zero-order valence-electron chi connectivity index (χ0n) is 55.4. The second-order valence-electron chi connectivity index (χ2n) is 29.7. The smallest absolute Gasteiger partial charge is 0.252 e. The number of aromatic nitrogens is 2. The number of anilines is 6. The highest BCUT2D eigenvalue weighted by Gasteiger charge is 2.45. The summed E-state index contributed by atoms with van der Waals surface area (Å²) in [6.45, 7) is 20.9. The molecular formula is C90H73BN4. The summed E-state index contributed by atoms with van der Waals surface area (Å²) < 4.78 is 5.16. The van der Waals surface area contributed by atoms with Crippen LogP contribution in [0.15, 0.2) is 279 Å². The molecule has 0 N–H and O–H groups in total. The molecule has 0 saturated carbocycles. The lowest BCUT2D eigenvalue weighted by Crippen LogP contribution is -2.61. The van der Waals surface area contributed by atoms with E-state index >= 15 is 0 Å². The third-order valence-corrected chi connectivity index (χ3v) is 20.9. The van der Waals surface area contributed by atoms with Crippen molar-refractivity contribution in [2.45, 2.75) is 78.6 Å². The molecule has 4 nitrogen and oxygen atoms in total. The fourth-order valence-corrected chi connectivity index (χ4v) is 16.0. The highest BCUT2D eigenvalue weighted by atomic mass is 15.2. The third-order valence-electron chi connectivity index (χ3n) is 20.9. The number of fused-ring (bicyclic) bond motifs is 17. The molecule has 0 aliphatic carbocycles. The summed E-state index contributed by atoms with van der Waals surface area (Å²) in [5.41, 5.74) is 26.1. The zero-order chi connectivity index (χ0) is 64.4. The molecule has 0 bridgehead atoms. The van der Waals surface area contributed by atoms with E-state index in [2.05, 4.69) is 360 Å². The SMILES string of the molecule is CC(C)(C)c1cc2c3c(c1)N(c1ccc(-c4ccccc4)cc1)c1cc4c(cc1B3c1ccc(-n3c5ccc(C(C)(C)C)cc5c5cc(C(C)(C)C)ccc53)cc1N2c1ccc(-c2ccccc2)cc1)c1ccccc1c1ccccc1c1cccc2c3ccccc3n4c12. The van der Waals surface area contributed by atoms with Crippen molar-refractivity contribution in [3.05, 3.63) is 296 Å². The Hall–Kier alpha value is -10.9. The molecule has 0 amide bonds. The predicted molar refractivity (Wildman–Crippen MR) is 409 cm³/mol. The van der Waals surface area contributed by atoms with Gasteiger partial charge in [-0.3, -0.25) is 0 Å². The van der Waals surface area contributed by atoms with E-state index in [0.717, 1.165) is 34.0 Å². The van der Waals surface area contributed by atoms with Crippen LogP contribution < -0.4 is 26.2 Å². The Labute approximate surface area is 556 Å². The summed E-state index contributed by atoms with van der Waals surface area (Å²) in [6, 6.07) is 107. The quantitative estimate of drug-likeness (QED) is 0.160. The first-order valence-corrected chi connectivity index (χ1v) is 33.8. The van der Waals surface area contributed by atoms with Gasteiger partial charge in [0.15, 0.2) is 0 Å². The molecule has 2 aliphatic heterocycles. The normalized spacial score (nSPS) is 13.3. The van der Waals surface area contributed by atoms with E-state index in [1.54, 1.807) is 0 Å². The molecule has 13 aromatic carbocycles. The van der Waals surface area contributed by atoms with Gasteiger partial charge in [-0.15, -0.1) is 0 Å². The summed E-state index contributed by atoms with van der Waals surface area (Å²) in [6.07, 6.45) is 0. The van der Waals surface area contributed by atoms with Gasteiger partial charge < -0.3 is 18.8 Å². The first kappa shape index (κ1) is 56.8. The summed E-state index contributed by atoms with van der Waals surface area (Å²) in [7, 11) is 0. The minimum absolute atomic E-state index is 0.0297. The van der Waals surface area contributed by atoms with Crippen LogP contribution in [0.2, 0.25) is 0 Å². The largest absolute Gasteiger partial charge is 0.311 e. The maximum absolute atomic E-state index is 2.63. The molecule has 0 atom stereocenters. The fraction of sp³-hybridized carbons (Fsp3) is 0.133. The lowest BCUT2D eigenvalue weighted by Gasteiger charge is -2.45. The molecule has 456 valence electrons. The van der Waals surface area contributed by atoms with Crippen molar-refractivity contribution >= 4 is 139 Å². The van der Waals surface area contributed by atoms with Gasteiger partial charge in [0.2, 0.25) is 0 Å². The Bertz CT molecular complexity index is 5820. The molecule has 0 fully saturated rings. The predicted octanol–water partition coefficient (Wildman–Crippen LogP) is 22.7. The van der Waals surface area contributed by atoms with E-state index in [0.29, 0.717) is 0 Å². The first-order chi connectivity index (χ1) is 46.0. The van der Waals surface area contributed by atoms with E-state index in [-0.39, 0.29) is 23.0 Å². The molecule has 18 rings (SSSR count). The van der Waals surface area contributed by atoms with E-state index < -0.39 is 0 Å². The lowest BCUT2D eigenvalue weighted by molar-refractivity contribution is 0.590. The Balaban J connectivity index is 1.00. The first-order valence-electron chi connectivity index (χ1n) is 33.8. The van der Waals surface area contributed by atoms with Gasteiger partial charge in [0.05, 0.1) is 27.6 Å². The van der Waals surface area contributed by atoms with Gasteiger partial charge in [0.1, 0.15) is 0 Å². The highest BCUT2D eigenvalue weighted by Crippen LogP contribution is 2.50. The molecule has 0 radical (unpaired) electrons. The van der Waals surface area contributed by atoms with Crippen LogP contribution in [0.5, 0.6) is 0 Å². The van der Waals surface area contributed by atoms with E-state index in [4.69, 9.17) is 0 Å². The van der Waals surface area contributed by atoms with Crippen LogP contribution in [0, 0.1) is 0 Å². The average Bonchev–Trinajstić information content (AvgIpc) is 1.36. The second kappa shape index (κ2) is 20.8. The average molecular weight is 1220 g/mol. The van der Waals surface area contributed by atoms with Crippen molar-refractivity contribution in [2.75, 3.05) is 9.80 Å². The van der Waals surface area contributed by atoms with Gasteiger partial charge >= 0.3 is 0 Å². The molecule has 2 aliphatic rings. The van der Waals surface area contributed by atoms with E-state index in [1.165, 1.54) is 143 Å². The number of benzene rings is 13. The van der Waals surface area contributed by atoms with Gasteiger partial charge in [-0.2, -0.15) is 0 Å². The molecular weight excluding hydrogens is 1150 g/mol. The topological polar surface area (TPSA) is 15.8 Å². The number of nitrogens with zero attached hydrogens (tertiary/aromatic N) is 4. The number of para-hydroxylation sites is 2. The van der Waals surface area contributed by atoms with Crippen LogP contribution in [0.25, 0.3) is 109 Å². The number of hydrogen-bond acceptors (Lipinski definition) is 2. The lowest BCUT2D eigenvalue weighted by atomic mass is 9.33. The van der Waals surface area contributed by atoms with Crippen LogP contribution in [-0.2, 0) is 16.2 Å². The van der Waals surface area contributed by atoms with E-state index in [1.807, 2.05) is 0 Å².